The molecular weight excluding hydrogens is 426 g/mol. The van der Waals surface area contributed by atoms with Gasteiger partial charge < -0.3 is 15.4 Å². The molecule has 1 saturated heterocycles. The number of nitrogens with zero attached hydrogens (tertiary/aromatic N) is 2. The van der Waals surface area contributed by atoms with Crippen molar-refractivity contribution >= 4 is 23.8 Å². The highest BCUT2D eigenvalue weighted by Gasteiger charge is 2.46. The lowest BCUT2D eigenvalue weighted by Gasteiger charge is -2.54. The van der Waals surface area contributed by atoms with Crippen molar-refractivity contribution in [1.82, 2.24) is 26.0 Å². The zero-order chi connectivity index (χ0) is 24.8. The Morgan fingerprint density at radius 3 is 2.18 bits per heavy atom. The SMILES string of the molecule is COC(=O)CN1C(C)(C)CC(NC(=O)C(=O)N(C)NC(=O)NCc2ccccc2)CC1(C)C. The lowest BCUT2D eigenvalue weighted by Crippen LogP contribution is -2.66. The molecule has 10 nitrogen and oxygen atoms in total. The van der Waals surface area contributed by atoms with Crippen molar-refractivity contribution in [3.63, 3.8) is 0 Å². The Kier molecular flexibility index (Phi) is 8.43. The molecule has 0 aliphatic carbocycles. The highest BCUT2D eigenvalue weighted by atomic mass is 16.5. The van der Waals surface area contributed by atoms with Crippen LogP contribution in [0.15, 0.2) is 30.3 Å². The Hall–Kier alpha value is -3.14. The molecule has 33 heavy (non-hydrogen) atoms. The van der Waals surface area contributed by atoms with Gasteiger partial charge in [-0.3, -0.25) is 19.3 Å². The molecular formula is C23H35N5O5. The van der Waals surface area contributed by atoms with E-state index >= 15 is 0 Å². The van der Waals surface area contributed by atoms with E-state index in [0.717, 1.165) is 10.6 Å². The van der Waals surface area contributed by atoms with Crippen molar-refractivity contribution in [3.8, 4) is 0 Å². The summed E-state index contributed by atoms with van der Waals surface area (Å²) < 4.78 is 4.82. The Balaban J connectivity index is 1.91. The van der Waals surface area contributed by atoms with Crippen LogP contribution in [0.2, 0.25) is 0 Å². The number of rotatable bonds is 5. The second-order valence-electron chi connectivity index (χ2n) is 9.51. The van der Waals surface area contributed by atoms with Gasteiger partial charge >= 0.3 is 23.8 Å². The van der Waals surface area contributed by atoms with Crippen LogP contribution >= 0.6 is 0 Å². The van der Waals surface area contributed by atoms with Crippen molar-refractivity contribution in [1.29, 1.82) is 0 Å². The Morgan fingerprint density at radius 1 is 1.06 bits per heavy atom. The number of benzene rings is 1. The van der Waals surface area contributed by atoms with Crippen LogP contribution in [0, 0.1) is 0 Å². The summed E-state index contributed by atoms with van der Waals surface area (Å²) >= 11 is 0. The number of hydrogen-bond acceptors (Lipinski definition) is 6. The van der Waals surface area contributed by atoms with E-state index in [1.807, 2.05) is 58.0 Å². The van der Waals surface area contributed by atoms with Crippen LogP contribution in [0.1, 0.15) is 46.1 Å². The number of carbonyl (C=O) groups is 4. The predicted octanol–water partition coefficient (Wildman–Crippen LogP) is 1.17. The number of carbonyl (C=O) groups excluding carboxylic acids is 4. The average Bonchev–Trinajstić information content (AvgIpc) is 2.74. The molecule has 1 aromatic carbocycles. The Morgan fingerprint density at radius 2 is 1.64 bits per heavy atom. The first kappa shape index (κ1) is 26.1. The normalized spacial score (nSPS) is 17.5. The molecule has 0 atom stereocenters. The lowest BCUT2D eigenvalue weighted by molar-refractivity contribution is -0.150. The highest BCUT2D eigenvalue weighted by molar-refractivity contribution is 6.35. The van der Waals surface area contributed by atoms with Crippen LogP contribution in [0.4, 0.5) is 4.79 Å². The number of piperidine rings is 1. The second-order valence-corrected chi connectivity index (χ2v) is 9.51. The Labute approximate surface area is 195 Å². The highest BCUT2D eigenvalue weighted by Crippen LogP contribution is 2.38. The summed E-state index contributed by atoms with van der Waals surface area (Å²) in [5.41, 5.74) is 2.42. The van der Waals surface area contributed by atoms with Gasteiger partial charge in [-0.15, -0.1) is 0 Å². The number of urea groups is 1. The molecule has 2 rings (SSSR count). The molecule has 1 heterocycles. The van der Waals surface area contributed by atoms with E-state index in [4.69, 9.17) is 4.74 Å². The minimum absolute atomic E-state index is 0.140. The zero-order valence-electron chi connectivity index (χ0n) is 20.2. The third kappa shape index (κ3) is 7.18. The summed E-state index contributed by atoms with van der Waals surface area (Å²) in [5.74, 6) is -2.01. The quantitative estimate of drug-likeness (QED) is 0.344. The lowest BCUT2D eigenvalue weighted by atomic mass is 9.77. The van der Waals surface area contributed by atoms with E-state index in [1.165, 1.54) is 14.2 Å². The van der Waals surface area contributed by atoms with Crippen molar-refractivity contribution in [3.05, 3.63) is 35.9 Å². The molecule has 0 radical (unpaired) electrons. The predicted molar refractivity (Wildman–Crippen MR) is 123 cm³/mol. The number of hydrogen-bond donors (Lipinski definition) is 3. The molecule has 4 amide bonds. The number of likely N-dealkylation sites (tertiary alicyclic amines) is 1. The van der Waals surface area contributed by atoms with E-state index in [-0.39, 0.29) is 25.1 Å². The van der Waals surface area contributed by atoms with Crippen molar-refractivity contribution in [2.24, 2.45) is 0 Å². The first-order valence-electron chi connectivity index (χ1n) is 10.9. The van der Waals surface area contributed by atoms with Gasteiger partial charge in [0, 0.05) is 30.7 Å². The van der Waals surface area contributed by atoms with Gasteiger partial charge in [-0.25, -0.2) is 15.2 Å². The van der Waals surface area contributed by atoms with Gasteiger partial charge in [0.1, 0.15) is 0 Å². The fourth-order valence-corrected chi connectivity index (χ4v) is 4.46. The smallest absolute Gasteiger partial charge is 0.333 e. The van der Waals surface area contributed by atoms with E-state index in [0.29, 0.717) is 12.8 Å². The van der Waals surface area contributed by atoms with Gasteiger partial charge in [0.2, 0.25) is 0 Å². The maximum atomic E-state index is 12.6. The standard InChI is InChI=1S/C23H35N5O5/c1-22(2)12-17(13-23(3,4)28(22)15-18(29)33-6)25-19(30)20(31)27(5)26-21(32)24-14-16-10-8-7-9-11-16/h7-11,17H,12-15H2,1-6H3,(H,25,30)(H2,24,26,32). The summed E-state index contributed by atoms with van der Waals surface area (Å²) in [5, 5.41) is 6.28. The van der Waals surface area contributed by atoms with Crippen molar-refractivity contribution in [2.45, 2.75) is 64.2 Å². The molecule has 0 saturated carbocycles. The number of hydrazine groups is 1. The number of amides is 4. The van der Waals surface area contributed by atoms with Gasteiger partial charge in [0.25, 0.3) is 0 Å². The summed E-state index contributed by atoms with van der Waals surface area (Å²) in [6, 6.07) is 8.44. The van der Waals surface area contributed by atoms with Gasteiger partial charge in [0.05, 0.1) is 13.7 Å². The first-order valence-corrected chi connectivity index (χ1v) is 10.9. The van der Waals surface area contributed by atoms with Crippen LogP contribution in [0.25, 0.3) is 0 Å². The van der Waals surface area contributed by atoms with Gasteiger partial charge in [0.15, 0.2) is 0 Å². The molecule has 1 aromatic rings. The second kappa shape index (κ2) is 10.7. The topological polar surface area (TPSA) is 120 Å². The molecule has 0 bridgehead atoms. The molecule has 1 fully saturated rings. The average molecular weight is 462 g/mol. The zero-order valence-corrected chi connectivity index (χ0v) is 20.2. The monoisotopic (exact) mass is 461 g/mol. The van der Waals surface area contributed by atoms with Gasteiger partial charge in [-0.2, -0.15) is 0 Å². The number of likely N-dealkylation sites (N-methyl/N-ethyl adjacent to an activating group) is 1. The summed E-state index contributed by atoms with van der Waals surface area (Å²) in [4.78, 5) is 51.1. The number of ether oxygens (including phenoxy) is 1. The third-order valence-electron chi connectivity index (χ3n) is 5.87. The first-order chi connectivity index (χ1) is 15.4. The summed E-state index contributed by atoms with van der Waals surface area (Å²) in [6.45, 7) is 8.38. The van der Waals surface area contributed by atoms with E-state index < -0.39 is 28.9 Å². The number of nitrogens with one attached hydrogen (secondary N) is 3. The molecule has 1 aliphatic heterocycles. The fourth-order valence-electron chi connectivity index (χ4n) is 4.46. The fraction of sp³-hybridized carbons (Fsp3) is 0.565. The van der Waals surface area contributed by atoms with E-state index in [9.17, 15) is 19.2 Å². The minimum Gasteiger partial charge on any atom is -0.468 e. The molecule has 0 spiro atoms. The third-order valence-corrected chi connectivity index (χ3v) is 5.87. The van der Waals surface area contributed by atoms with Gasteiger partial charge in [-0.1, -0.05) is 30.3 Å². The summed E-state index contributed by atoms with van der Waals surface area (Å²) in [7, 11) is 2.67. The molecule has 182 valence electrons. The van der Waals surface area contributed by atoms with E-state index in [1.54, 1.807) is 0 Å². The van der Waals surface area contributed by atoms with Gasteiger partial charge in [-0.05, 0) is 46.1 Å². The van der Waals surface area contributed by atoms with Crippen LogP contribution < -0.4 is 16.1 Å². The molecule has 10 heteroatoms. The number of methoxy groups -OCH3 is 1. The summed E-state index contributed by atoms with van der Waals surface area (Å²) in [6.07, 6.45) is 1.09. The van der Waals surface area contributed by atoms with Crippen molar-refractivity contribution < 1.29 is 23.9 Å². The van der Waals surface area contributed by atoms with Crippen LogP contribution in [-0.4, -0.2) is 71.5 Å². The van der Waals surface area contributed by atoms with E-state index in [2.05, 4.69) is 21.0 Å². The van der Waals surface area contributed by atoms with Crippen LogP contribution in [0.3, 0.4) is 0 Å². The molecule has 0 unspecified atom stereocenters. The van der Waals surface area contributed by atoms with Crippen molar-refractivity contribution in [2.75, 3.05) is 20.7 Å². The molecule has 3 N–H and O–H groups in total. The maximum Gasteiger partial charge on any atom is 0.333 e. The minimum atomic E-state index is -0.877. The number of esters is 1. The largest absolute Gasteiger partial charge is 0.468 e. The van der Waals surface area contributed by atoms with Crippen LogP contribution in [0.5, 0.6) is 0 Å². The van der Waals surface area contributed by atoms with Crippen LogP contribution in [-0.2, 0) is 25.7 Å². The molecule has 1 aliphatic rings. The molecule has 0 aromatic heterocycles. The Bertz CT molecular complexity index is 853. The maximum absolute atomic E-state index is 12.6.